The molecule has 0 radical (unpaired) electrons. The van der Waals surface area contributed by atoms with Crippen molar-refractivity contribution in [2.45, 2.75) is 51.6 Å². The largest absolute Gasteiger partial charge is 0.348 e. The minimum Gasteiger partial charge on any atom is -0.348 e. The quantitative estimate of drug-likeness (QED) is 0.810. The molecule has 1 saturated carbocycles. The Labute approximate surface area is 130 Å². The van der Waals surface area contributed by atoms with Crippen LogP contribution in [-0.2, 0) is 11.3 Å². The van der Waals surface area contributed by atoms with E-state index in [1.807, 2.05) is 13.0 Å². The molecule has 2 bridgehead atoms. The van der Waals surface area contributed by atoms with Gasteiger partial charge in [0, 0.05) is 24.0 Å². The van der Waals surface area contributed by atoms with Gasteiger partial charge in [-0.2, -0.15) is 0 Å². The first kappa shape index (κ1) is 13.8. The van der Waals surface area contributed by atoms with E-state index in [0.717, 1.165) is 24.3 Å². The van der Waals surface area contributed by atoms with Crippen LogP contribution in [0.15, 0.2) is 24.4 Å². The molecule has 3 atom stereocenters. The number of fused-ring (bicyclic) bond motifs is 2. The van der Waals surface area contributed by atoms with Gasteiger partial charge >= 0.3 is 0 Å². The second kappa shape index (κ2) is 5.41. The van der Waals surface area contributed by atoms with E-state index < -0.39 is 0 Å². The SMILES string of the molecule is CC1NC(=O)C2CC2CCCCCn2ccc3ccc1nc32. The predicted octanol–water partition coefficient (Wildman–Crippen LogP) is 3.42. The smallest absolute Gasteiger partial charge is 0.223 e. The number of hydrogen-bond donors (Lipinski definition) is 1. The monoisotopic (exact) mass is 297 g/mol. The Bertz CT molecular complexity index is 705. The first-order chi connectivity index (χ1) is 10.7. The lowest BCUT2D eigenvalue weighted by molar-refractivity contribution is -0.123. The molecule has 1 fully saturated rings. The summed E-state index contributed by atoms with van der Waals surface area (Å²) in [5.41, 5.74) is 2.00. The molecule has 116 valence electrons. The molecule has 0 aromatic carbocycles. The molecule has 4 rings (SSSR count). The number of aromatic nitrogens is 2. The fourth-order valence-electron chi connectivity index (χ4n) is 3.64. The van der Waals surface area contributed by atoms with Gasteiger partial charge in [-0.1, -0.05) is 12.8 Å². The van der Waals surface area contributed by atoms with Crippen molar-refractivity contribution in [2.75, 3.05) is 0 Å². The maximum absolute atomic E-state index is 12.3. The molecule has 0 saturated heterocycles. The molecule has 4 nitrogen and oxygen atoms in total. The van der Waals surface area contributed by atoms with Gasteiger partial charge in [0.15, 0.2) is 0 Å². The number of aryl methyl sites for hydroxylation is 1. The summed E-state index contributed by atoms with van der Waals surface area (Å²) in [5.74, 6) is 1.08. The molecule has 3 heterocycles. The molecule has 3 unspecified atom stereocenters. The van der Waals surface area contributed by atoms with Crippen LogP contribution in [0.1, 0.15) is 50.8 Å². The highest BCUT2D eigenvalue weighted by Crippen LogP contribution is 2.43. The van der Waals surface area contributed by atoms with Gasteiger partial charge in [-0.3, -0.25) is 4.79 Å². The lowest BCUT2D eigenvalue weighted by Crippen LogP contribution is -2.29. The molecular formula is C18H23N3O. The summed E-state index contributed by atoms with van der Waals surface area (Å²) in [7, 11) is 0. The van der Waals surface area contributed by atoms with Crippen LogP contribution < -0.4 is 5.32 Å². The average Bonchev–Trinajstić information content (AvgIpc) is 3.18. The minimum atomic E-state index is -0.0237. The standard InChI is InChI=1S/C18H23N3O/c1-12-16-7-6-13-8-10-21(17(13)20-16)9-4-2-3-5-14-11-15(14)18(22)19-12/h6-8,10,12,14-15H,2-5,9,11H2,1H3,(H,19,22). The summed E-state index contributed by atoms with van der Waals surface area (Å²) in [5, 5.41) is 4.33. The molecule has 1 amide bonds. The third kappa shape index (κ3) is 2.51. The summed E-state index contributed by atoms with van der Waals surface area (Å²) in [6, 6.07) is 6.25. The van der Waals surface area contributed by atoms with E-state index in [4.69, 9.17) is 4.98 Å². The molecule has 2 aliphatic rings. The lowest BCUT2D eigenvalue weighted by Gasteiger charge is -2.15. The van der Waals surface area contributed by atoms with Crippen molar-refractivity contribution < 1.29 is 4.79 Å². The van der Waals surface area contributed by atoms with E-state index in [0.29, 0.717) is 5.92 Å². The van der Waals surface area contributed by atoms with Crippen molar-refractivity contribution >= 4 is 16.9 Å². The van der Waals surface area contributed by atoms with Crippen LogP contribution in [0.2, 0.25) is 0 Å². The van der Waals surface area contributed by atoms with Gasteiger partial charge in [-0.15, -0.1) is 0 Å². The summed E-state index contributed by atoms with van der Waals surface area (Å²) < 4.78 is 2.25. The number of carbonyl (C=O) groups excluding carboxylic acids is 1. The van der Waals surface area contributed by atoms with Gasteiger partial charge < -0.3 is 9.88 Å². The predicted molar refractivity (Wildman–Crippen MR) is 86.4 cm³/mol. The van der Waals surface area contributed by atoms with Crippen molar-refractivity contribution in [3.05, 3.63) is 30.1 Å². The molecule has 2 aromatic heterocycles. The number of nitrogens with one attached hydrogen (secondary N) is 1. The van der Waals surface area contributed by atoms with E-state index in [-0.39, 0.29) is 17.9 Å². The molecule has 2 aromatic rings. The highest BCUT2D eigenvalue weighted by Gasteiger charge is 2.42. The maximum Gasteiger partial charge on any atom is 0.223 e. The van der Waals surface area contributed by atoms with Crippen molar-refractivity contribution in [2.24, 2.45) is 11.8 Å². The number of amides is 1. The Balaban J connectivity index is 1.66. The van der Waals surface area contributed by atoms with Gasteiger partial charge in [-0.25, -0.2) is 4.98 Å². The Morgan fingerprint density at radius 1 is 1.23 bits per heavy atom. The van der Waals surface area contributed by atoms with Crippen molar-refractivity contribution in [1.82, 2.24) is 14.9 Å². The van der Waals surface area contributed by atoms with Crippen molar-refractivity contribution in [3.63, 3.8) is 0 Å². The number of carbonyl (C=O) groups is 1. The number of pyridine rings is 1. The normalized spacial score (nSPS) is 29.0. The van der Waals surface area contributed by atoms with Gasteiger partial charge in [0.2, 0.25) is 5.91 Å². The zero-order valence-corrected chi connectivity index (χ0v) is 13.1. The van der Waals surface area contributed by atoms with Gasteiger partial charge in [0.05, 0.1) is 11.7 Å². The summed E-state index contributed by atoms with van der Waals surface area (Å²) in [6.45, 7) is 3.07. The Morgan fingerprint density at radius 2 is 2.14 bits per heavy atom. The second-order valence-corrected chi connectivity index (χ2v) is 6.84. The summed E-state index contributed by atoms with van der Waals surface area (Å²) >= 11 is 0. The van der Waals surface area contributed by atoms with Gasteiger partial charge in [0.25, 0.3) is 0 Å². The van der Waals surface area contributed by atoms with E-state index in [1.54, 1.807) is 0 Å². The topological polar surface area (TPSA) is 46.9 Å². The number of hydrogen-bond acceptors (Lipinski definition) is 2. The molecule has 0 spiro atoms. The van der Waals surface area contributed by atoms with E-state index >= 15 is 0 Å². The third-order valence-electron chi connectivity index (χ3n) is 5.17. The Morgan fingerprint density at radius 3 is 3.05 bits per heavy atom. The van der Waals surface area contributed by atoms with Crippen LogP contribution in [0.4, 0.5) is 0 Å². The van der Waals surface area contributed by atoms with Gasteiger partial charge in [-0.05, 0) is 50.3 Å². The molecule has 1 aliphatic heterocycles. The average molecular weight is 297 g/mol. The molecule has 1 N–H and O–H groups in total. The van der Waals surface area contributed by atoms with Crippen LogP contribution in [0.25, 0.3) is 11.0 Å². The Kier molecular flexibility index (Phi) is 3.40. The van der Waals surface area contributed by atoms with Crippen molar-refractivity contribution in [3.8, 4) is 0 Å². The lowest BCUT2D eigenvalue weighted by atomic mass is 10.1. The fraction of sp³-hybridized carbons (Fsp3) is 0.556. The van der Waals surface area contributed by atoms with Crippen LogP contribution in [0.3, 0.4) is 0 Å². The van der Waals surface area contributed by atoms with Crippen LogP contribution >= 0.6 is 0 Å². The fourth-order valence-corrected chi connectivity index (χ4v) is 3.64. The number of rotatable bonds is 0. The van der Waals surface area contributed by atoms with E-state index in [9.17, 15) is 4.79 Å². The van der Waals surface area contributed by atoms with Crippen LogP contribution in [0, 0.1) is 11.8 Å². The molecule has 1 aliphatic carbocycles. The second-order valence-electron chi connectivity index (χ2n) is 6.84. The first-order valence-electron chi connectivity index (χ1n) is 8.48. The summed E-state index contributed by atoms with van der Waals surface area (Å²) in [6.07, 6.45) is 8.08. The van der Waals surface area contributed by atoms with Crippen LogP contribution in [-0.4, -0.2) is 15.5 Å². The molecule has 22 heavy (non-hydrogen) atoms. The van der Waals surface area contributed by atoms with Crippen molar-refractivity contribution in [1.29, 1.82) is 0 Å². The highest BCUT2D eigenvalue weighted by atomic mass is 16.2. The molecular weight excluding hydrogens is 274 g/mol. The van der Waals surface area contributed by atoms with Gasteiger partial charge in [0.1, 0.15) is 5.65 Å². The highest BCUT2D eigenvalue weighted by molar-refractivity contribution is 5.82. The minimum absolute atomic E-state index is 0.0237. The van der Waals surface area contributed by atoms with E-state index in [1.165, 1.54) is 31.1 Å². The maximum atomic E-state index is 12.3. The van der Waals surface area contributed by atoms with Crippen LogP contribution in [0.5, 0.6) is 0 Å². The number of nitrogens with zero attached hydrogens (tertiary/aromatic N) is 2. The zero-order valence-electron chi connectivity index (χ0n) is 13.1. The third-order valence-corrected chi connectivity index (χ3v) is 5.17. The Hall–Kier alpha value is -1.84. The van der Waals surface area contributed by atoms with E-state index in [2.05, 4.69) is 28.2 Å². The summed E-state index contributed by atoms with van der Waals surface area (Å²) in [4.78, 5) is 17.1. The first-order valence-corrected chi connectivity index (χ1v) is 8.48. The zero-order chi connectivity index (χ0) is 15.1. The molecule has 4 heteroatoms.